The van der Waals surface area contributed by atoms with Gasteiger partial charge in [-0.15, -0.1) is 11.8 Å². The number of ether oxygens (including phenoxy) is 2. The average molecular weight is 469 g/mol. The summed E-state index contributed by atoms with van der Waals surface area (Å²) in [5, 5.41) is 3.05. The van der Waals surface area contributed by atoms with Gasteiger partial charge in [0.2, 0.25) is 6.79 Å². The minimum Gasteiger partial charge on any atom is -0.454 e. The molecule has 2 N–H and O–H groups in total. The van der Waals surface area contributed by atoms with Gasteiger partial charge in [-0.1, -0.05) is 24.3 Å². The highest BCUT2D eigenvalue weighted by atomic mass is 32.2. The van der Waals surface area contributed by atoms with Crippen LogP contribution in [0.3, 0.4) is 0 Å². The van der Waals surface area contributed by atoms with Crippen molar-refractivity contribution in [2.45, 2.75) is 22.3 Å². The molecule has 164 valence electrons. The molecular formula is C23H20N2O5S2. The van der Waals surface area contributed by atoms with Gasteiger partial charge in [0.25, 0.3) is 15.9 Å². The number of carbonyl (C=O) groups excluding carboxylic acids is 1. The number of sulfonamides is 1. The Labute approximate surface area is 190 Å². The van der Waals surface area contributed by atoms with Crippen molar-refractivity contribution in [2.24, 2.45) is 0 Å². The number of hydrogen-bond acceptors (Lipinski definition) is 6. The number of rotatable bonds is 5. The lowest BCUT2D eigenvalue weighted by Crippen LogP contribution is -2.30. The molecule has 1 atom stereocenters. The summed E-state index contributed by atoms with van der Waals surface area (Å²) in [5.41, 5.74) is 1.72. The minimum absolute atomic E-state index is 0.00224. The Morgan fingerprint density at radius 1 is 0.969 bits per heavy atom. The van der Waals surface area contributed by atoms with Crippen LogP contribution in [0.4, 0.5) is 5.69 Å². The van der Waals surface area contributed by atoms with Gasteiger partial charge in [0, 0.05) is 22.3 Å². The van der Waals surface area contributed by atoms with E-state index < -0.39 is 10.0 Å². The molecule has 3 aromatic carbocycles. The lowest BCUT2D eigenvalue weighted by Gasteiger charge is -2.26. The molecule has 9 heteroatoms. The number of nitrogens with one attached hydrogen (secondary N) is 2. The van der Waals surface area contributed by atoms with Crippen LogP contribution < -0.4 is 19.5 Å². The third-order valence-electron chi connectivity index (χ3n) is 5.30. The van der Waals surface area contributed by atoms with Gasteiger partial charge >= 0.3 is 0 Å². The molecule has 2 heterocycles. The summed E-state index contributed by atoms with van der Waals surface area (Å²) >= 11 is 1.77. The zero-order chi connectivity index (χ0) is 22.1. The maximum absolute atomic E-state index is 12.9. The molecule has 0 unspecified atom stereocenters. The van der Waals surface area contributed by atoms with E-state index in [1.807, 2.05) is 24.3 Å². The van der Waals surface area contributed by atoms with Crippen LogP contribution in [0.25, 0.3) is 0 Å². The number of thioether (sulfide) groups is 1. The van der Waals surface area contributed by atoms with Crippen molar-refractivity contribution in [3.05, 3.63) is 77.9 Å². The largest absolute Gasteiger partial charge is 0.454 e. The van der Waals surface area contributed by atoms with Gasteiger partial charge in [-0.25, -0.2) is 8.42 Å². The highest BCUT2D eigenvalue weighted by molar-refractivity contribution is 7.99. The van der Waals surface area contributed by atoms with Gasteiger partial charge in [0.1, 0.15) is 0 Å². The Morgan fingerprint density at radius 3 is 2.72 bits per heavy atom. The second-order valence-electron chi connectivity index (χ2n) is 7.40. The van der Waals surface area contributed by atoms with Crippen LogP contribution >= 0.6 is 11.8 Å². The predicted molar refractivity (Wildman–Crippen MR) is 122 cm³/mol. The summed E-state index contributed by atoms with van der Waals surface area (Å²) in [4.78, 5) is 14.1. The topological polar surface area (TPSA) is 93.7 Å². The fourth-order valence-electron chi connectivity index (χ4n) is 3.71. The highest BCUT2D eigenvalue weighted by Crippen LogP contribution is 2.36. The maximum Gasteiger partial charge on any atom is 0.261 e. The lowest BCUT2D eigenvalue weighted by atomic mass is 10.0. The molecule has 3 aromatic rings. The molecule has 0 radical (unpaired) electrons. The summed E-state index contributed by atoms with van der Waals surface area (Å²) in [6.45, 7) is 0.104. The van der Waals surface area contributed by atoms with Crippen molar-refractivity contribution >= 4 is 33.4 Å². The van der Waals surface area contributed by atoms with Crippen molar-refractivity contribution in [2.75, 3.05) is 17.3 Å². The second kappa shape index (κ2) is 8.40. The third-order valence-corrected chi connectivity index (χ3v) is 7.80. The zero-order valence-electron chi connectivity index (χ0n) is 16.9. The first-order valence-corrected chi connectivity index (χ1v) is 12.5. The molecule has 7 nitrogen and oxygen atoms in total. The summed E-state index contributed by atoms with van der Waals surface area (Å²) in [6.07, 6.45) is 0.817. The molecule has 0 fully saturated rings. The van der Waals surface area contributed by atoms with Crippen molar-refractivity contribution < 1.29 is 22.7 Å². The molecule has 0 saturated heterocycles. The van der Waals surface area contributed by atoms with E-state index in [1.54, 1.807) is 42.1 Å². The minimum atomic E-state index is -3.90. The van der Waals surface area contributed by atoms with Gasteiger partial charge in [-0.05, 0) is 48.4 Å². The van der Waals surface area contributed by atoms with E-state index >= 15 is 0 Å². The molecule has 0 aromatic heterocycles. The SMILES string of the molecule is O=C(N[C@H]1CCSc2ccccc21)c1cccc(S(=O)(=O)Nc2ccc3c(c2)OCO3)c1. The number of carbonyl (C=O) groups is 1. The average Bonchev–Trinajstić information content (AvgIpc) is 3.27. The molecule has 2 aliphatic heterocycles. The van der Waals surface area contributed by atoms with E-state index in [2.05, 4.69) is 10.0 Å². The standard InChI is InChI=1S/C23H20N2O5S2/c26-23(24-19-10-11-31-22-7-2-1-6-18(19)22)15-4-3-5-17(12-15)32(27,28)25-16-8-9-20-21(13-16)30-14-29-20/h1-9,12-13,19,25H,10-11,14H2,(H,24,26)/t19-/m0/s1. The molecule has 5 rings (SSSR count). The Morgan fingerprint density at radius 2 is 1.81 bits per heavy atom. The molecule has 32 heavy (non-hydrogen) atoms. The first kappa shape index (κ1) is 20.7. The van der Waals surface area contributed by atoms with E-state index in [0.717, 1.165) is 22.6 Å². The molecule has 0 spiro atoms. The smallest absolute Gasteiger partial charge is 0.261 e. The van der Waals surface area contributed by atoms with Gasteiger partial charge in [-0.2, -0.15) is 0 Å². The monoisotopic (exact) mass is 468 g/mol. The number of anilines is 1. The Kier molecular flexibility index (Phi) is 5.44. The Bertz CT molecular complexity index is 1290. The molecule has 0 bridgehead atoms. The maximum atomic E-state index is 12.9. The van der Waals surface area contributed by atoms with E-state index in [1.165, 1.54) is 12.1 Å². The van der Waals surface area contributed by atoms with Crippen LogP contribution in [0.1, 0.15) is 28.4 Å². The van der Waals surface area contributed by atoms with Gasteiger partial charge in [-0.3, -0.25) is 9.52 Å². The number of benzene rings is 3. The fraction of sp³-hybridized carbons (Fsp3) is 0.174. The van der Waals surface area contributed by atoms with Crippen molar-refractivity contribution in [1.82, 2.24) is 5.32 Å². The Balaban J connectivity index is 1.34. The van der Waals surface area contributed by atoms with Crippen LogP contribution in [0.5, 0.6) is 11.5 Å². The quantitative estimate of drug-likeness (QED) is 0.583. The second-order valence-corrected chi connectivity index (χ2v) is 10.2. The van der Waals surface area contributed by atoms with E-state index in [-0.39, 0.29) is 29.2 Å². The van der Waals surface area contributed by atoms with Crippen LogP contribution in [-0.2, 0) is 10.0 Å². The first-order chi connectivity index (χ1) is 15.5. The lowest BCUT2D eigenvalue weighted by molar-refractivity contribution is 0.0934. The molecule has 0 saturated carbocycles. The highest BCUT2D eigenvalue weighted by Gasteiger charge is 2.24. The third kappa shape index (κ3) is 4.13. The van der Waals surface area contributed by atoms with E-state index in [9.17, 15) is 13.2 Å². The fourth-order valence-corrected chi connectivity index (χ4v) is 5.93. The van der Waals surface area contributed by atoms with E-state index in [4.69, 9.17) is 9.47 Å². The van der Waals surface area contributed by atoms with Crippen molar-refractivity contribution in [3.8, 4) is 11.5 Å². The van der Waals surface area contributed by atoms with Gasteiger partial charge in [0.15, 0.2) is 11.5 Å². The van der Waals surface area contributed by atoms with Crippen LogP contribution in [-0.4, -0.2) is 26.9 Å². The van der Waals surface area contributed by atoms with Gasteiger partial charge in [0.05, 0.1) is 16.6 Å². The summed E-state index contributed by atoms with van der Waals surface area (Å²) in [6, 6.07) is 18.7. The number of fused-ring (bicyclic) bond motifs is 2. The molecule has 0 aliphatic carbocycles. The van der Waals surface area contributed by atoms with Crippen LogP contribution in [0.15, 0.2) is 76.5 Å². The van der Waals surface area contributed by atoms with Crippen molar-refractivity contribution in [1.29, 1.82) is 0 Å². The molecule has 2 aliphatic rings. The van der Waals surface area contributed by atoms with Crippen LogP contribution in [0.2, 0.25) is 0 Å². The van der Waals surface area contributed by atoms with Gasteiger partial charge < -0.3 is 14.8 Å². The summed E-state index contributed by atoms with van der Waals surface area (Å²) < 4.78 is 38.9. The molecular weight excluding hydrogens is 448 g/mol. The normalized spacial score (nSPS) is 16.8. The van der Waals surface area contributed by atoms with Crippen LogP contribution in [0, 0.1) is 0 Å². The summed E-state index contributed by atoms with van der Waals surface area (Å²) in [7, 11) is -3.90. The number of hydrogen-bond donors (Lipinski definition) is 2. The van der Waals surface area contributed by atoms with E-state index in [0.29, 0.717) is 17.2 Å². The zero-order valence-corrected chi connectivity index (χ0v) is 18.5. The predicted octanol–water partition coefficient (Wildman–Crippen LogP) is 4.18. The first-order valence-electron chi connectivity index (χ1n) is 10.0. The van der Waals surface area contributed by atoms with Crippen molar-refractivity contribution in [3.63, 3.8) is 0 Å². The molecule has 1 amide bonds. The Hall–Kier alpha value is -3.17. The number of amides is 1. The summed E-state index contributed by atoms with van der Waals surface area (Å²) in [5.74, 6) is 1.64.